The van der Waals surface area contributed by atoms with Gasteiger partial charge in [0.1, 0.15) is 0 Å². The van der Waals surface area contributed by atoms with Crippen LogP contribution in [0, 0.1) is 11.3 Å². The summed E-state index contributed by atoms with van der Waals surface area (Å²) in [6.07, 6.45) is 5.26. The summed E-state index contributed by atoms with van der Waals surface area (Å²) in [4.78, 5) is 2.46. The van der Waals surface area contributed by atoms with Crippen LogP contribution in [0.5, 0.6) is 0 Å². The van der Waals surface area contributed by atoms with Crippen molar-refractivity contribution in [3.8, 4) is 0 Å². The summed E-state index contributed by atoms with van der Waals surface area (Å²) in [7, 11) is 2.23. The van der Waals surface area contributed by atoms with Gasteiger partial charge in [0.2, 0.25) is 0 Å². The molecule has 1 heterocycles. The molecular weight excluding hydrogens is 188 g/mol. The van der Waals surface area contributed by atoms with Crippen LogP contribution in [-0.2, 0) is 4.74 Å². The molecule has 0 aromatic heterocycles. The molecule has 2 fully saturated rings. The molecule has 0 amide bonds. The van der Waals surface area contributed by atoms with Gasteiger partial charge in [-0.3, -0.25) is 0 Å². The van der Waals surface area contributed by atoms with E-state index in [2.05, 4.69) is 11.9 Å². The van der Waals surface area contributed by atoms with Crippen molar-refractivity contribution in [2.24, 2.45) is 17.1 Å². The zero-order chi connectivity index (χ0) is 10.7. The standard InChI is InChI=1S/C12H24N2O/c1-14(7-11-3-4-11)9-12(8-13)5-2-6-15-10-12/h11H,2-10,13H2,1H3. The molecular formula is C12H24N2O. The Kier molecular flexibility index (Phi) is 3.65. The van der Waals surface area contributed by atoms with Gasteiger partial charge in [-0.25, -0.2) is 0 Å². The van der Waals surface area contributed by atoms with Gasteiger partial charge >= 0.3 is 0 Å². The molecule has 0 aromatic carbocycles. The first-order valence-corrected chi connectivity index (χ1v) is 6.20. The van der Waals surface area contributed by atoms with Gasteiger partial charge in [0.05, 0.1) is 6.61 Å². The third kappa shape index (κ3) is 3.16. The van der Waals surface area contributed by atoms with Crippen molar-refractivity contribution in [1.82, 2.24) is 4.90 Å². The van der Waals surface area contributed by atoms with E-state index >= 15 is 0 Å². The Morgan fingerprint density at radius 3 is 2.80 bits per heavy atom. The molecule has 3 nitrogen and oxygen atoms in total. The molecule has 15 heavy (non-hydrogen) atoms. The Balaban J connectivity index is 1.81. The normalized spacial score (nSPS) is 32.2. The van der Waals surface area contributed by atoms with Crippen LogP contribution >= 0.6 is 0 Å². The highest BCUT2D eigenvalue weighted by molar-refractivity contribution is 4.87. The van der Waals surface area contributed by atoms with E-state index in [9.17, 15) is 0 Å². The molecule has 1 saturated heterocycles. The molecule has 0 radical (unpaired) electrons. The summed E-state index contributed by atoms with van der Waals surface area (Å²) in [5.41, 5.74) is 6.16. The van der Waals surface area contributed by atoms with Gasteiger partial charge in [0, 0.05) is 31.7 Å². The van der Waals surface area contributed by atoms with E-state index in [1.165, 1.54) is 32.2 Å². The lowest BCUT2D eigenvalue weighted by Crippen LogP contribution is -2.47. The summed E-state index contributed by atoms with van der Waals surface area (Å²) in [6, 6.07) is 0. The molecule has 1 unspecified atom stereocenters. The largest absolute Gasteiger partial charge is 0.381 e. The topological polar surface area (TPSA) is 38.5 Å². The Hall–Kier alpha value is -0.120. The van der Waals surface area contributed by atoms with Gasteiger partial charge in [-0.1, -0.05) is 0 Å². The van der Waals surface area contributed by atoms with E-state index < -0.39 is 0 Å². The Labute approximate surface area is 93.0 Å². The lowest BCUT2D eigenvalue weighted by molar-refractivity contribution is -0.0187. The molecule has 2 rings (SSSR count). The highest BCUT2D eigenvalue weighted by atomic mass is 16.5. The lowest BCUT2D eigenvalue weighted by atomic mass is 9.82. The minimum Gasteiger partial charge on any atom is -0.381 e. The fourth-order valence-electron chi connectivity index (χ4n) is 2.64. The van der Waals surface area contributed by atoms with Crippen molar-refractivity contribution in [2.75, 3.05) is 39.9 Å². The molecule has 0 spiro atoms. The number of nitrogens with zero attached hydrogens (tertiary/aromatic N) is 1. The predicted octanol–water partition coefficient (Wildman–Crippen LogP) is 1.08. The summed E-state index contributed by atoms with van der Waals surface area (Å²) in [6.45, 7) is 4.91. The predicted molar refractivity (Wildman–Crippen MR) is 61.8 cm³/mol. The smallest absolute Gasteiger partial charge is 0.0546 e. The monoisotopic (exact) mass is 212 g/mol. The first-order valence-electron chi connectivity index (χ1n) is 6.20. The van der Waals surface area contributed by atoms with Crippen LogP contribution in [-0.4, -0.2) is 44.8 Å². The summed E-state index contributed by atoms with van der Waals surface area (Å²) in [5.74, 6) is 0.967. The number of hydrogen-bond donors (Lipinski definition) is 1. The highest BCUT2D eigenvalue weighted by Gasteiger charge is 2.34. The van der Waals surface area contributed by atoms with E-state index in [0.29, 0.717) is 0 Å². The van der Waals surface area contributed by atoms with Gasteiger partial charge in [-0.15, -0.1) is 0 Å². The van der Waals surface area contributed by atoms with Gasteiger partial charge in [0.25, 0.3) is 0 Å². The molecule has 1 aliphatic heterocycles. The third-order valence-electron chi connectivity index (χ3n) is 3.71. The van der Waals surface area contributed by atoms with Crippen molar-refractivity contribution in [1.29, 1.82) is 0 Å². The quantitative estimate of drug-likeness (QED) is 0.741. The van der Waals surface area contributed by atoms with Crippen molar-refractivity contribution < 1.29 is 4.74 Å². The van der Waals surface area contributed by atoms with E-state index in [1.54, 1.807) is 0 Å². The van der Waals surface area contributed by atoms with Crippen molar-refractivity contribution in [2.45, 2.75) is 25.7 Å². The van der Waals surface area contributed by atoms with Crippen LogP contribution in [0.4, 0.5) is 0 Å². The van der Waals surface area contributed by atoms with Crippen LogP contribution in [0.15, 0.2) is 0 Å². The Morgan fingerprint density at radius 2 is 2.27 bits per heavy atom. The lowest BCUT2D eigenvalue weighted by Gasteiger charge is -2.39. The van der Waals surface area contributed by atoms with E-state index in [0.717, 1.165) is 32.2 Å². The maximum atomic E-state index is 5.93. The van der Waals surface area contributed by atoms with Gasteiger partial charge in [-0.05, 0) is 38.6 Å². The van der Waals surface area contributed by atoms with Crippen LogP contribution in [0.25, 0.3) is 0 Å². The number of ether oxygens (including phenoxy) is 1. The molecule has 1 atom stereocenters. The summed E-state index contributed by atoms with van der Waals surface area (Å²) >= 11 is 0. The molecule has 0 bridgehead atoms. The van der Waals surface area contributed by atoms with Crippen molar-refractivity contribution in [3.63, 3.8) is 0 Å². The Morgan fingerprint density at radius 1 is 1.47 bits per heavy atom. The maximum absolute atomic E-state index is 5.93. The first kappa shape index (κ1) is 11.4. The summed E-state index contributed by atoms with van der Waals surface area (Å²) < 4.78 is 5.59. The second kappa shape index (κ2) is 4.81. The molecule has 2 N–H and O–H groups in total. The number of rotatable bonds is 5. The maximum Gasteiger partial charge on any atom is 0.0546 e. The molecule has 88 valence electrons. The molecule has 1 aliphatic carbocycles. The second-order valence-electron chi connectivity index (χ2n) is 5.50. The highest BCUT2D eigenvalue weighted by Crippen LogP contribution is 2.32. The number of hydrogen-bond acceptors (Lipinski definition) is 3. The number of nitrogens with two attached hydrogens (primary N) is 1. The average Bonchev–Trinajstić information content (AvgIpc) is 3.03. The Bertz CT molecular complexity index is 198. The second-order valence-corrected chi connectivity index (χ2v) is 5.50. The van der Waals surface area contributed by atoms with Gasteiger partial charge < -0.3 is 15.4 Å². The van der Waals surface area contributed by atoms with Gasteiger partial charge in [-0.2, -0.15) is 0 Å². The van der Waals surface area contributed by atoms with Crippen LogP contribution in [0.1, 0.15) is 25.7 Å². The van der Waals surface area contributed by atoms with Crippen LogP contribution in [0.2, 0.25) is 0 Å². The van der Waals surface area contributed by atoms with E-state index in [-0.39, 0.29) is 5.41 Å². The molecule has 0 aromatic rings. The SMILES string of the molecule is CN(CC1CC1)CC1(CN)CCCOC1. The average molecular weight is 212 g/mol. The van der Waals surface area contributed by atoms with Gasteiger partial charge in [0.15, 0.2) is 0 Å². The summed E-state index contributed by atoms with van der Waals surface area (Å²) in [5, 5.41) is 0. The van der Waals surface area contributed by atoms with E-state index in [1.807, 2.05) is 0 Å². The minimum atomic E-state index is 0.238. The zero-order valence-electron chi connectivity index (χ0n) is 9.87. The molecule has 1 saturated carbocycles. The van der Waals surface area contributed by atoms with Crippen LogP contribution < -0.4 is 5.73 Å². The molecule has 2 aliphatic rings. The van der Waals surface area contributed by atoms with Crippen molar-refractivity contribution in [3.05, 3.63) is 0 Å². The van der Waals surface area contributed by atoms with Crippen molar-refractivity contribution >= 4 is 0 Å². The minimum absolute atomic E-state index is 0.238. The first-order chi connectivity index (χ1) is 7.24. The molecule has 3 heteroatoms. The zero-order valence-corrected chi connectivity index (χ0v) is 9.87. The van der Waals surface area contributed by atoms with E-state index in [4.69, 9.17) is 10.5 Å². The fraction of sp³-hybridized carbons (Fsp3) is 1.00. The van der Waals surface area contributed by atoms with Crippen LogP contribution in [0.3, 0.4) is 0 Å². The fourth-order valence-corrected chi connectivity index (χ4v) is 2.64. The third-order valence-corrected chi connectivity index (χ3v) is 3.71.